The number of benzene rings is 1. The third kappa shape index (κ3) is 2.63. The Morgan fingerprint density at radius 2 is 2.18 bits per heavy atom. The van der Waals surface area contributed by atoms with Crippen LogP contribution in [-0.2, 0) is 0 Å². The molecule has 1 aromatic heterocycles. The minimum absolute atomic E-state index is 0.330. The van der Waals surface area contributed by atoms with Crippen molar-refractivity contribution in [2.24, 2.45) is 0 Å². The molecule has 4 heteroatoms. The van der Waals surface area contributed by atoms with Crippen molar-refractivity contribution in [3.05, 3.63) is 52.1 Å². The number of aryl methyl sites for hydroxylation is 1. The molecule has 0 saturated carbocycles. The summed E-state index contributed by atoms with van der Waals surface area (Å²) in [6.45, 7) is 1.97. The van der Waals surface area contributed by atoms with Crippen LogP contribution in [0, 0.1) is 18.3 Å². The quantitative estimate of drug-likeness (QED) is 0.844. The van der Waals surface area contributed by atoms with Gasteiger partial charge in [-0.15, -0.1) is 0 Å². The van der Waals surface area contributed by atoms with E-state index in [0.717, 1.165) is 10.0 Å². The predicted octanol–water partition coefficient (Wildman–Crippen LogP) is 3.82. The van der Waals surface area contributed by atoms with E-state index in [4.69, 9.17) is 10.00 Å². The minimum atomic E-state index is 0.330. The molecule has 0 saturated heterocycles. The second-order valence-electron chi connectivity index (χ2n) is 3.48. The molecule has 0 spiro atoms. The van der Waals surface area contributed by atoms with Gasteiger partial charge in [0.15, 0.2) is 0 Å². The van der Waals surface area contributed by atoms with Gasteiger partial charge in [-0.05, 0) is 42.8 Å². The highest BCUT2D eigenvalue weighted by Gasteiger charge is 2.06. The normalized spacial score (nSPS) is 9.71. The fourth-order valence-corrected chi connectivity index (χ4v) is 1.60. The lowest BCUT2D eigenvalue weighted by Gasteiger charge is -2.07. The Hall–Kier alpha value is -1.86. The highest BCUT2D eigenvalue weighted by Crippen LogP contribution is 2.26. The zero-order chi connectivity index (χ0) is 12.3. The average Bonchev–Trinajstić information content (AvgIpc) is 2.34. The van der Waals surface area contributed by atoms with Gasteiger partial charge in [-0.1, -0.05) is 15.9 Å². The fraction of sp³-hybridized carbons (Fsp3) is 0.0769. The first-order valence-electron chi connectivity index (χ1n) is 5.00. The molecule has 0 bridgehead atoms. The summed E-state index contributed by atoms with van der Waals surface area (Å²) in [6, 6.07) is 11.0. The zero-order valence-corrected chi connectivity index (χ0v) is 10.7. The smallest absolute Gasteiger partial charge is 0.237 e. The maximum atomic E-state index is 8.92. The van der Waals surface area contributed by atoms with Crippen LogP contribution in [0.3, 0.4) is 0 Å². The lowest BCUT2D eigenvalue weighted by atomic mass is 10.2. The molecule has 0 radical (unpaired) electrons. The van der Waals surface area contributed by atoms with Crippen molar-refractivity contribution in [3.8, 4) is 17.7 Å². The molecule has 0 aliphatic rings. The van der Waals surface area contributed by atoms with Crippen LogP contribution in [0.25, 0.3) is 0 Å². The summed E-state index contributed by atoms with van der Waals surface area (Å²) in [6.07, 6.45) is 1.60. The summed E-state index contributed by atoms with van der Waals surface area (Å²) in [4.78, 5) is 4.04. The molecule has 0 atom stereocenters. The van der Waals surface area contributed by atoms with E-state index in [0.29, 0.717) is 17.2 Å². The second kappa shape index (κ2) is 4.98. The highest BCUT2D eigenvalue weighted by atomic mass is 79.9. The molecule has 0 unspecified atom stereocenters. The van der Waals surface area contributed by atoms with Gasteiger partial charge in [0.25, 0.3) is 0 Å². The van der Waals surface area contributed by atoms with Crippen molar-refractivity contribution in [2.45, 2.75) is 6.92 Å². The van der Waals surface area contributed by atoms with E-state index in [1.807, 2.05) is 31.2 Å². The molecule has 17 heavy (non-hydrogen) atoms. The van der Waals surface area contributed by atoms with Crippen LogP contribution in [0.15, 0.2) is 41.0 Å². The predicted molar refractivity (Wildman–Crippen MR) is 67.9 cm³/mol. The summed E-state index contributed by atoms with van der Waals surface area (Å²) < 4.78 is 6.60. The second-order valence-corrected chi connectivity index (χ2v) is 4.34. The van der Waals surface area contributed by atoms with Crippen molar-refractivity contribution in [3.63, 3.8) is 0 Å². The minimum Gasteiger partial charge on any atom is -0.438 e. The third-order valence-electron chi connectivity index (χ3n) is 2.24. The van der Waals surface area contributed by atoms with E-state index in [1.165, 1.54) is 0 Å². The van der Waals surface area contributed by atoms with Crippen LogP contribution in [0.5, 0.6) is 11.6 Å². The van der Waals surface area contributed by atoms with Gasteiger partial charge < -0.3 is 4.74 Å². The monoisotopic (exact) mass is 288 g/mol. The standard InChI is InChI=1S/C13H9BrN2O/c1-9-7-11(4-5-12(9)14)17-13-10(8-15)3-2-6-16-13/h2-7H,1H3. The Morgan fingerprint density at radius 3 is 2.88 bits per heavy atom. The van der Waals surface area contributed by atoms with Gasteiger partial charge >= 0.3 is 0 Å². The summed E-state index contributed by atoms with van der Waals surface area (Å²) in [5.74, 6) is 0.998. The van der Waals surface area contributed by atoms with Gasteiger partial charge in [0.05, 0.1) is 0 Å². The van der Waals surface area contributed by atoms with Crippen molar-refractivity contribution < 1.29 is 4.74 Å². The van der Waals surface area contributed by atoms with Crippen LogP contribution in [0.4, 0.5) is 0 Å². The topological polar surface area (TPSA) is 45.9 Å². The Kier molecular flexibility index (Phi) is 3.40. The number of rotatable bonds is 2. The lowest BCUT2D eigenvalue weighted by molar-refractivity contribution is 0.461. The molecule has 2 aromatic rings. The molecule has 0 fully saturated rings. The van der Waals surface area contributed by atoms with Crippen molar-refractivity contribution in [2.75, 3.05) is 0 Å². The molecular formula is C13H9BrN2O. The number of halogens is 1. The fourth-order valence-electron chi connectivity index (χ4n) is 1.35. The lowest BCUT2D eigenvalue weighted by Crippen LogP contribution is -1.91. The first-order chi connectivity index (χ1) is 8.20. The van der Waals surface area contributed by atoms with Gasteiger partial charge in [0, 0.05) is 10.7 Å². The summed E-state index contributed by atoms with van der Waals surface area (Å²) in [5, 5.41) is 8.92. The van der Waals surface area contributed by atoms with Crippen molar-refractivity contribution in [1.29, 1.82) is 5.26 Å². The number of hydrogen-bond donors (Lipinski definition) is 0. The summed E-state index contributed by atoms with van der Waals surface area (Å²) in [5.41, 5.74) is 1.49. The van der Waals surface area contributed by atoms with E-state index < -0.39 is 0 Å². The van der Waals surface area contributed by atoms with Crippen LogP contribution < -0.4 is 4.74 Å². The Labute approximate surface area is 108 Å². The number of hydrogen-bond acceptors (Lipinski definition) is 3. The molecule has 3 nitrogen and oxygen atoms in total. The van der Waals surface area contributed by atoms with Gasteiger partial charge in [0.2, 0.25) is 5.88 Å². The van der Waals surface area contributed by atoms with Crippen LogP contribution >= 0.6 is 15.9 Å². The van der Waals surface area contributed by atoms with Gasteiger partial charge in [-0.25, -0.2) is 4.98 Å². The molecule has 2 rings (SSSR count). The number of pyridine rings is 1. The van der Waals surface area contributed by atoms with E-state index in [2.05, 4.69) is 20.9 Å². The Bertz CT molecular complexity index is 590. The molecular weight excluding hydrogens is 280 g/mol. The summed E-state index contributed by atoms with van der Waals surface area (Å²) >= 11 is 3.42. The van der Waals surface area contributed by atoms with Gasteiger partial charge in [-0.2, -0.15) is 5.26 Å². The third-order valence-corrected chi connectivity index (χ3v) is 3.13. The molecule has 0 amide bonds. The van der Waals surface area contributed by atoms with Gasteiger partial charge in [-0.3, -0.25) is 0 Å². The van der Waals surface area contributed by atoms with Crippen LogP contribution in [0.2, 0.25) is 0 Å². The maximum Gasteiger partial charge on any atom is 0.237 e. The number of nitrogens with zero attached hydrogens (tertiary/aromatic N) is 2. The number of ether oxygens (including phenoxy) is 1. The number of aromatic nitrogens is 1. The largest absolute Gasteiger partial charge is 0.438 e. The highest BCUT2D eigenvalue weighted by molar-refractivity contribution is 9.10. The van der Waals surface area contributed by atoms with E-state index in [1.54, 1.807) is 18.3 Å². The van der Waals surface area contributed by atoms with Crippen molar-refractivity contribution >= 4 is 15.9 Å². The molecule has 0 aliphatic heterocycles. The molecule has 84 valence electrons. The van der Waals surface area contributed by atoms with E-state index in [-0.39, 0.29) is 0 Å². The van der Waals surface area contributed by atoms with E-state index >= 15 is 0 Å². The van der Waals surface area contributed by atoms with Crippen LogP contribution in [0.1, 0.15) is 11.1 Å². The SMILES string of the molecule is Cc1cc(Oc2ncccc2C#N)ccc1Br. The molecule has 0 aliphatic carbocycles. The number of nitriles is 1. The first kappa shape index (κ1) is 11.6. The first-order valence-corrected chi connectivity index (χ1v) is 5.79. The zero-order valence-electron chi connectivity index (χ0n) is 9.14. The maximum absolute atomic E-state index is 8.92. The van der Waals surface area contributed by atoms with E-state index in [9.17, 15) is 0 Å². The Balaban J connectivity index is 2.32. The van der Waals surface area contributed by atoms with Gasteiger partial charge in [0.1, 0.15) is 17.4 Å². The summed E-state index contributed by atoms with van der Waals surface area (Å²) in [7, 11) is 0. The Morgan fingerprint density at radius 1 is 1.35 bits per heavy atom. The van der Waals surface area contributed by atoms with Crippen LogP contribution in [-0.4, -0.2) is 4.98 Å². The van der Waals surface area contributed by atoms with Crippen molar-refractivity contribution in [1.82, 2.24) is 4.98 Å². The molecule has 1 aromatic carbocycles. The average molecular weight is 289 g/mol. The molecule has 1 heterocycles. The molecule has 0 N–H and O–H groups in total.